The number of nitrogens with one attached hydrogen (secondary N) is 1. The van der Waals surface area contributed by atoms with Crippen LogP contribution in [0.5, 0.6) is 0 Å². The lowest BCUT2D eigenvalue weighted by molar-refractivity contribution is -0.137. The van der Waals surface area contributed by atoms with E-state index >= 15 is 0 Å². The van der Waals surface area contributed by atoms with Crippen molar-refractivity contribution in [1.82, 2.24) is 10.2 Å². The van der Waals surface area contributed by atoms with Gasteiger partial charge < -0.3 is 25.8 Å². The lowest BCUT2D eigenvalue weighted by Crippen LogP contribution is -2.52. The molecule has 0 bridgehead atoms. The predicted octanol–water partition coefficient (Wildman–Crippen LogP) is -1.01. The van der Waals surface area contributed by atoms with E-state index in [1.54, 1.807) is 0 Å². The third kappa shape index (κ3) is 5.12. The molecule has 0 aliphatic carbocycles. The number of urea groups is 1. The van der Waals surface area contributed by atoms with Crippen LogP contribution >= 0.6 is 0 Å². The van der Waals surface area contributed by atoms with E-state index < -0.39 is 31.0 Å². The number of nitrogens with zero attached hydrogens (tertiary/aromatic N) is 1. The van der Waals surface area contributed by atoms with Crippen LogP contribution < -0.4 is 11.1 Å². The molecule has 1 aliphatic rings. The molecule has 2 unspecified atom stereocenters. The van der Waals surface area contributed by atoms with Crippen LogP contribution in [0, 0.1) is 5.92 Å². The zero-order chi connectivity index (χ0) is 14.4. The zero-order valence-electron chi connectivity index (χ0n) is 10.8. The molecule has 1 aliphatic heterocycles. The number of amides is 3. The van der Waals surface area contributed by atoms with Gasteiger partial charge in [0.1, 0.15) is 13.1 Å². The monoisotopic (exact) mass is 273 g/mol. The molecule has 0 aromatic heterocycles. The summed E-state index contributed by atoms with van der Waals surface area (Å²) < 4.78 is 5.25. The number of nitrogens with two attached hydrogens (primary N) is 1. The molecule has 1 fully saturated rings. The van der Waals surface area contributed by atoms with Crippen LogP contribution in [-0.2, 0) is 14.3 Å². The molecule has 4 N–H and O–H groups in total. The van der Waals surface area contributed by atoms with Crippen molar-refractivity contribution >= 4 is 17.9 Å². The average molecular weight is 273 g/mol. The van der Waals surface area contributed by atoms with E-state index in [1.165, 1.54) is 0 Å². The fraction of sp³-hybridized carbons (Fsp3) is 0.727. The normalized spacial score (nSPS) is 22.6. The molecule has 2 atom stereocenters. The summed E-state index contributed by atoms with van der Waals surface area (Å²) in [5.41, 5.74) is 4.99. The van der Waals surface area contributed by atoms with E-state index in [4.69, 9.17) is 15.6 Å². The number of primary amides is 1. The Labute approximate surface area is 110 Å². The second-order valence-corrected chi connectivity index (χ2v) is 4.61. The smallest absolute Gasteiger partial charge is 0.323 e. The maximum Gasteiger partial charge on any atom is 0.323 e. The summed E-state index contributed by atoms with van der Waals surface area (Å²) in [6.07, 6.45) is 0.657. The molecule has 108 valence electrons. The van der Waals surface area contributed by atoms with Crippen LogP contribution in [-0.4, -0.2) is 60.3 Å². The number of carboxylic acids is 1. The first-order chi connectivity index (χ1) is 8.90. The minimum atomic E-state index is -1.20. The zero-order valence-corrected chi connectivity index (χ0v) is 10.8. The maximum atomic E-state index is 11.9. The van der Waals surface area contributed by atoms with Crippen molar-refractivity contribution in [1.29, 1.82) is 0 Å². The summed E-state index contributed by atoms with van der Waals surface area (Å²) in [6.45, 7) is 2.03. The van der Waals surface area contributed by atoms with Crippen LogP contribution in [0.25, 0.3) is 0 Å². The first-order valence-electron chi connectivity index (χ1n) is 6.03. The summed E-state index contributed by atoms with van der Waals surface area (Å²) in [7, 11) is 0. The third-order valence-corrected chi connectivity index (χ3v) is 2.91. The molecule has 3 amide bonds. The second kappa shape index (κ2) is 6.93. The molecular formula is C11H19N3O5. The summed E-state index contributed by atoms with van der Waals surface area (Å²) >= 11 is 0. The van der Waals surface area contributed by atoms with Crippen molar-refractivity contribution in [2.24, 2.45) is 11.7 Å². The Bertz CT molecular complexity index is 344. The molecule has 0 aromatic rings. The van der Waals surface area contributed by atoms with E-state index in [2.05, 4.69) is 5.32 Å². The number of hydrogen-bond acceptors (Lipinski definition) is 4. The first-order valence-corrected chi connectivity index (χ1v) is 6.03. The lowest BCUT2D eigenvalue weighted by atomic mass is 9.98. The van der Waals surface area contributed by atoms with Crippen molar-refractivity contribution in [2.75, 3.05) is 26.3 Å². The highest BCUT2D eigenvalue weighted by atomic mass is 16.5. The number of carbonyl (C=O) groups excluding carboxylic acids is 2. The summed E-state index contributed by atoms with van der Waals surface area (Å²) in [5, 5.41) is 11.4. The molecule has 1 rings (SSSR count). The van der Waals surface area contributed by atoms with Crippen LogP contribution in [0.15, 0.2) is 0 Å². The van der Waals surface area contributed by atoms with Crippen LogP contribution in [0.3, 0.4) is 0 Å². The molecule has 0 saturated carbocycles. The van der Waals surface area contributed by atoms with E-state index in [0.29, 0.717) is 19.6 Å². The molecule has 8 heteroatoms. The fourth-order valence-electron chi connectivity index (χ4n) is 1.90. The molecule has 19 heavy (non-hydrogen) atoms. The molecule has 1 saturated heterocycles. The standard InChI is InChI=1S/C11H19N3O5/c1-7-6-19-3-2-8(7)13-11(18)14(4-9(12)15)5-10(16)17/h7-8H,2-6H2,1H3,(H2,12,15)(H,13,18)(H,16,17). The van der Waals surface area contributed by atoms with Gasteiger partial charge in [0.05, 0.1) is 6.61 Å². The topological polar surface area (TPSA) is 122 Å². The Balaban J connectivity index is 2.59. The van der Waals surface area contributed by atoms with Crippen LogP contribution in [0.2, 0.25) is 0 Å². The predicted molar refractivity (Wildman–Crippen MR) is 65.3 cm³/mol. The molecule has 8 nitrogen and oxygen atoms in total. The highest BCUT2D eigenvalue weighted by molar-refractivity contribution is 5.86. The van der Waals surface area contributed by atoms with Gasteiger partial charge in [0.25, 0.3) is 0 Å². The molecular weight excluding hydrogens is 254 g/mol. The summed E-state index contributed by atoms with van der Waals surface area (Å²) in [5.74, 6) is -1.81. The SMILES string of the molecule is CC1COCCC1NC(=O)N(CC(N)=O)CC(=O)O. The van der Waals surface area contributed by atoms with Crippen molar-refractivity contribution < 1.29 is 24.2 Å². The minimum absolute atomic E-state index is 0.0922. The van der Waals surface area contributed by atoms with Gasteiger partial charge in [-0.3, -0.25) is 9.59 Å². The Hall–Kier alpha value is -1.83. The van der Waals surface area contributed by atoms with E-state index in [9.17, 15) is 14.4 Å². The highest BCUT2D eigenvalue weighted by Crippen LogP contribution is 2.14. The van der Waals surface area contributed by atoms with Gasteiger partial charge in [-0.05, 0) is 12.3 Å². The molecule has 0 spiro atoms. The number of carbonyl (C=O) groups is 3. The van der Waals surface area contributed by atoms with Gasteiger partial charge in [0.2, 0.25) is 5.91 Å². The molecule has 0 aromatic carbocycles. The number of hydrogen-bond donors (Lipinski definition) is 3. The number of rotatable bonds is 5. The van der Waals surface area contributed by atoms with Gasteiger partial charge in [-0.1, -0.05) is 6.92 Å². The largest absolute Gasteiger partial charge is 0.480 e. The van der Waals surface area contributed by atoms with Crippen molar-refractivity contribution in [3.8, 4) is 0 Å². The van der Waals surface area contributed by atoms with Crippen molar-refractivity contribution in [3.05, 3.63) is 0 Å². The van der Waals surface area contributed by atoms with E-state index in [1.807, 2.05) is 6.92 Å². The maximum absolute atomic E-state index is 11.9. The third-order valence-electron chi connectivity index (χ3n) is 2.91. The second-order valence-electron chi connectivity index (χ2n) is 4.61. The van der Waals surface area contributed by atoms with Crippen molar-refractivity contribution in [2.45, 2.75) is 19.4 Å². The molecule has 1 heterocycles. The van der Waals surface area contributed by atoms with Gasteiger partial charge in [0.15, 0.2) is 0 Å². The Morgan fingerprint density at radius 2 is 2.11 bits per heavy atom. The first kappa shape index (κ1) is 15.2. The van der Waals surface area contributed by atoms with Gasteiger partial charge in [-0.25, -0.2) is 4.79 Å². The molecule has 0 radical (unpaired) electrons. The van der Waals surface area contributed by atoms with Crippen LogP contribution in [0.1, 0.15) is 13.3 Å². The van der Waals surface area contributed by atoms with E-state index in [-0.39, 0.29) is 12.0 Å². The Morgan fingerprint density at radius 3 is 2.63 bits per heavy atom. The van der Waals surface area contributed by atoms with Gasteiger partial charge in [-0.15, -0.1) is 0 Å². The van der Waals surface area contributed by atoms with Crippen molar-refractivity contribution in [3.63, 3.8) is 0 Å². The van der Waals surface area contributed by atoms with Gasteiger partial charge >= 0.3 is 12.0 Å². The minimum Gasteiger partial charge on any atom is -0.480 e. The van der Waals surface area contributed by atoms with Gasteiger partial charge in [-0.2, -0.15) is 0 Å². The summed E-state index contributed by atoms with van der Waals surface area (Å²) in [4.78, 5) is 34.3. The van der Waals surface area contributed by atoms with Gasteiger partial charge in [0, 0.05) is 12.6 Å². The lowest BCUT2D eigenvalue weighted by Gasteiger charge is -2.31. The number of carboxylic acid groups (broad SMARTS) is 1. The summed E-state index contributed by atoms with van der Waals surface area (Å²) in [6, 6.07) is -0.689. The average Bonchev–Trinajstić information content (AvgIpc) is 2.30. The highest BCUT2D eigenvalue weighted by Gasteiger charge is 2.26. The number of ether oxygens (including phenoxy) is 1. The Kier molecular flexibility index (Phi) is 5.56. The fourth-order valence-corrected chi connectivity index (χ4v) is 1.90. The quantitative estimate of drug-likeness (QED) is 0.592. The van der Waals surface area contributed by atoms with Crippen LogP contribution in [0.4, 0.5) is 4.79 Å². The number of aliphatic carboxylic acids is 1. The Morgan fingerprint density at radius 1 is 1.42 bits per heavy atom. The van der Waals surface area contributed by atoms with E-state index in [0.717, 1.165) is 4.90 Å².